The Labute approximate surface area is 65.7 Å². The van der Waals surface area contributed by atoms with Gasteiger partial charge in [0.25, 0.3) is 0 Å². The summed E-state index contributed by atoms with van der Waals surface area (Å²) in [5.41, 5.74) is -1.06. The molecule has 1 aliphatic rings. The first-order chi connectivity index (χ1) is 5.21. The van der Waals surface area contributed by atoms with Crippen molar-refractivity contribution < 1.29 is 9.66 Å². The molecule has 0 spiro atoms. The molecule has 64 valence electrons. The lowest BCUT2D eigenvalue weighted by molar-refractivity contribution is -0.632. The number of hydrogen-bond donors (Lipinski definition) is 0. The van der Waals surface area contributed by atoms with E-state index in [-0.39, 0.29) is 4.92 Å². The van der Waals surface area contributed by atoms with E-state index in [9.17, 15) is 10.1 Å². The Bertz CT molecular complexity index is 152. The number of hydrogen-bond acceptors (Lipinski definition) is 3. The van der Waals surface area contributed by atoms with Crippen LogP contribution in [-0.2, 0) is 4.74 Å². The van der Waals surface area contributed by atoms with E-state index in [0.29, 0.717) is 12.8 Å². The Kier molecular flexibility index (Phi) is 2.44. The van der Waals surface area contributed by atoms with Crippen LogP contribution < -0.4 is 0 Å². The fraction of sp³-hybridized carbons (Fsp3) is 1.00. The maximum atomic E-state index is 10.6. The van der Waals surface area contributed by atoms with Gasteiger partial charge in [0, 0.05) is 20.0 Å². The average molecular weight is 159 g/mol. The van der Waals surface area contributed by atoms with Crippen molar-refractivity contribution in [2.75, 3.05) is 7.11 Å². The quantitative estimate of drug-likeness (QED) is 0.349. The summed E-state index contributed by atoms with van der Waals surface area (Å²) < 4.78 is 4.94. The Morgan fingerprint density at radius 2 is 1.91 bits per heavy atom. The van der Waals surface area contributed by atoms with Crippen LogP contribution in [0.2, 0.25) is 0 Å². The zero-order valence-electron chi connectivity index (χ0n) is 6.71. The molecule has 4 nitrogen and oxygen atoms in total. The van der Waals surface area contributed by atoms with Gasteiger partial charge in [-0.15, -0.1) is 0 Å². The lowest BCUT2D eigenvalue weighted by Gasteiger charge is -2.26. The molecule has 0 aromatic rings. The largest absolute Gasteiger partial charge is 0.324 e. The van der Waals surface area contributed by atoms with Crippen molar-refractivity contribution in [3.05, 3.63) is 10.1 Å². The van der Waals surface area contributed by atoms with Gasteiger partial charge in [0.2, 0.25) is 0 Å². The molecule has 0 N–H and O–H groups in total. The highest BCUT2D eigenvalue weighted by Gasteiger charge is 2.43. The molecule has 0 saturated heterocycles. The summed E-state index contributed by atoms with van der Waals surface area (Å²) in [7, 11) is 1.42. The highest BCUT2D eigenvalue weighted by Crippen LogP contribution is 2.31. The lowest BCUT2D eigenvalue weighted by atomic mass is 9.92. The number of ether oxygens (including phenoxy) is 1. The van der Waals surface area contributed by atoms with Crippen LogP contribution in [0.1, 0.15) is 32.1 Å². The van der Waals surface area contributed by atoms with Gasteiger partial charge in [0.05, 0.1) is 4.92 Å². The van der Waals surface area contributed by atoms with Crippen LogP contribution in [-0.4, -0.2) is 17.8 Å². The maximum absolute atomic E-state index is 10.6. The molecule has 0 aromatic carbocycles. The summed E-state index contributed by atoms with van der Waals surface area (Å²) in [6.45, 7) is 0. The molecule has 0 atom stereocenters. The molecular formula is C7H13NO3. The highest BCUT2D eigenvalue weighted by atomic mass is 16.7. The zero-order valence-corrected chi connectivity index (χ0v) is 6.71. The minimum Gasteiger partial charge on any atom is -0.318 e. The van der Waals surface area contributed by atoms with E-state index in [2.05, 4.69) is 0 Å². The van der Waals surface area contributed by atoms with E-state index in [4.69, 9.17) is 4.74 Å². The molecule has 0 bridgehead atoms. The number of rotatable bonds is 2. The molecule has 0 aliphatic heterocycles. The van der Waals surface area contributed by atoms with Gasteiger partial charge in [-0.3, -0.25) is 10.1 Å². The Balaban J connectivity index is 2.64. The summed E-state index contributed by atoms with van der Waals surface area (Å²) >= 11 is 0. The first kappa shape index (κ1) is 8.46. The Morgan fingerprint density at radius 3 is 2.18 bits per heavy atom. The van der Waals surface area contributed by atoms with Crippen molar-refractivity contribution in [2.24, 2.45) is 0 Å². The number of nitrogens with zero attached hydrogens (tertiary/aromatic N) is 1. The summed E-state index contributed by atoms with van der Waals surface area (Å²) in [6.07, 6.45) is 4.05. The monoisotopic (exact) mass is 159 g/mol. The van der Waals surface area contributed by atoms with E-state index >= 15 is 0 Å². The number of nitro groups is 1. The molecule has 0 radical (unpaired) electrons. The van der Waals surface area contributed by atoms with E-state index in [1.807, 2.05) is 0 Å². The molecular weight excluding hydrogens is 146 g/mol. The van der Waals surface area contributed by atoms with Gasteiger partial charge in [-0.25, -0.2) is 0 Å². The third-order valence-electron chi connectivity index (χ3n) is 2.35. The minimum absolute atomic E-state index is 0.286. The summed E-state index contributed by atoms with van der Waals surface area (Å²) in [6, 6.07) is 0. The fourth-order valence-electron chi connectivity index (χ4n) is 1.57. The second-order valence-electron chi connectivity index (χ2n) is 2.97. The normalized spacial score (nSPS) is 23.0. The molecule has 0 unspecified atom stereocenters. The molecule has 11 heavy (non-hydrogen) atoms. The molecule has 1 rings (SSSR count). The third-order valence-corrected chi connectivity index (χ3v) is 2.35. The van der Waals surface area contributed by atoms with Gasteiger partial charge in [0.15, 0.2) is 0 Å². The van der Waals surface area contributed by atoms with E-state index in [0.717, 1.165) is 19.3 Å². The van der Waals surface area contributed by atoms with Crippen molar-refractivity contribution in [3.63, 3.8) is 0 Å². The van der Waals surface area contributed by atoms with Crippen LogP contribution in [0.4, 0.5) is 0 Å². The van der Waals surface area contributed by atoms with Crippen LogP contribution in [0.3, 0.4) is 0 Å². The second kappa shape index (κ2) is 3.17. The van der Waals surface area contributed by atoms with Crippen LogP contribution in [0.15, 0.2) is 0 Å². The second-order valence-corrected chi connectivity index (χ2v) is 2.97. The summed E-state index contributed by atoms with van der Waals surface area (Å²) in [5.74, 6) is 0. The Morgan fingerprint density at radius 1 is 1.36 bits per heavy atom. The third kappa shape index (κ3) is 1.50. The van der Waals surface area contributed by atoms with Gasteiger partial charge < -0.3 is 4.74 Å². The van der Waals surface area contributed by atoms with Gasteiger partial charge >= 0.3 is 5.72 Å². The SMILES string of the molecule is COC1([N+](=O)[O-])CCCCC1. The van der Waals surface area contributed by atoms with Crippen molar-refractivity contribution in [1.29, 1.82) is 0 Å². The highest BCUT2D eigenvalue weighted by molar-refractivity contribution is 4.73. The fourth-order valence-corrected chi connectivity index (χ4v) is 1.57. The predicted octanol–water partition coefficient (Wildman–Crippen LogP) is 1.57. The Hall–Kier alpha value is -0.640. The van der Waals surface area contributed by atoms with Crippen molar-refractivity contribution in [2.45, 2.75) is 37.8 Å². The summed E-state index contributed by atoms with van der Waals surface area (Å²) in [4.78, 5) is 10.3. The first-order valence-electron chi connectivity index (χ1n) is 3.91. The van der Waals surface area contributed by atoms with Crippen molar-refractivity contribution >= 4 is 0 Å². The molecule has 0 heterocycles. The van der Waals surface area contributed by atoms with Crippen molar-refractivity contribution in [3.8, 4) is 0 Å². The maximum Gasteiger partial charge on any atom is 0.324 e. The first-order valence-corrected chi connectivity index (χ1v) is 3.91. The molecule has 0 aromatic heterocycles. The topological polar surface area (TPSA) is 52.4 Å². The zero-order chi connectivity index (χ0) is 8.32. The molecule has 1 fully saturated rings. The van der Waals surface area contributed by atoms with Gasteiger partial charge in [-0.1, -0.05) is 6.42 Å². The molecule has 4 heteroatoms. The van der Waals surface area contributed by atoms with Crippen molar-refractivity contribution in [1.82, 2.24) is 0 Å². The van der Waals surface area contributed by atoms with Crippen LogP contribution in [0.5, 0.6) is 0 Å². The van der Waals surface area contributed by atoms with Gasteiger partial charge in [-0.05, 0) is 12.8 Å². The van der Waals surface area contributed by atoms with Crippen LogP contribution in [0, 0.1) is 10.1 Å². The number of methoxy groups -OCH3 is 1. The lowest BCUT2D eigenvalue weighted by Crippen LogP contribution is -2.41. The van der Waals surface area contributed by atoms with Crippen LogP contribution >= 0.6 is 0 Å². The molecule has 1 aliphatic carbocycles. The summed E-state index contributed by atoms with van der Waals surface area (Å²) in [5, 5.41) is 10.6. The van der Waals surface area contributed by atoms with E-state index in [1.54, 1.807) is 0 Å². The molecule has 1 saturated carbocycles. The minimum atomic E-state index is -1.06. The van der Waals surface area contributed by atoms with Crippen LogP contribution in [0.25, 0.3) is 0 Å². The van der Waals surface area contributed by atoms with Gasteiger partial charge in [0.1, 0.15) is 0 Å². The predicted molar refractivity (Wildman–Crippen MR) is 39.8 cm³/mol. The van der Waals surface area contributed by atoms with E-state index < -0.39 is 5.72 Å². The van der Waals surface area contributed by atoms with Gasteiger partial charge in [-0.2, -0.15) is 0 Å². The standard InChI is InChI=1S/C7H13NO3/c1-11-7(8(9)10)5-3-2-4-6-7/h2-6H2,1H3. The smallest absolute Gasteiger partial charge is 0.318 e. The van der Waals surface area contributed by atoms with E-state index in [1.165, 1.54) is 7.11 Å². The molecule has 0 amide bonds. The average Bonchev–Trinajstić information content (AvgIpc) is 2.05.